The molecule has 1 N–H and O–H groups in total. The van der Waals surface area contributed by atoms with Crippen LogP contribution in [0.15, 0.2) is 237 Å². The van der Waals surface area contributed by atoms with Crippen LogP contribution in [0.1, 0.15) is 62.8 Å². The van der Waals surface area contributed by atoms with Crippen LogP contribution in [0.25, 0.3) is 55.6 Å². The number of allylic oxidation sites excluding steroid dienone is 4. The summed E-state index contributed by atoms with van der Waals surface area (Å²) in [6.45, 7) is 9.47. The zero-order valence-electron chi connectivity index (χ0n) is 39.4. The number of anilines is 5. The van der Waals surface area contributed by atoms with Gasteiger partial charge >= 0.3 is 0 Å². The Bertz CT molecular complexity index is 3310. The number of rotatable bonds is 8. The first-order chi connectivity index (χ1) is 33.2. The molecule has 3 aliphatic rings. The van der Waals surface area contributed by atoms with Crippen LogP contribution < -0.4 is 10.2 Å². The zero-order valence-corrected chi connectivity index (χ0v) is 39.4. The maximum atomic E-state index is 3.72. The van der Waals surface area contributed by atoms with E-state index in [1.54, 1.807) is 0 Å². The van der Waals surface area contributed by atoms with Crippen LogP contribution >= 0.6 is 0 Å². The van der Waals surface area contributed by atoms with E-state index < -0.39 is 0 Å². The van der Waals surface area contributed by atoms with E-state index in [1.807, 2.05) is 0 Å². The Kier molecular flexibility index (Phi) is 11.1. The quantitative estimate of drug-likeness (QED) is 0.164. The van der Waals surface area contributed by atoms with Gasteiger partial charge in [0, 0.05) is 39.3 Å². The minimum Gasteiger partial charge on any atom is -0.356 e. The maximum absolute atomic E-state index is 3.72. The molecule has 2 heteroatoms. The van der Waals surface area contributed by atoms with Crippen molar-refractivity contribution in [3.63, 3.8) is 0 Å². The molecule has 0 saturated heterocycles. The standard InChI is InChI=1S/C60H48N2.C6H8/c1-59(2)55-18-12-11-17-51(55)53-35-32-49(38-57(53)59)62(48-30-25-45(26-31-48)41-15-9-6-10-16-41)50-33-36-54-52-34-29-47(37-56(52)60(3,4)58(54)39-50)61-46-27-23-44(24-28-46)43-21-19-42(20-22-43)40-13-7-5-8-14-40;1-2-4-6-5-3-1/h5-39,61H,1-4H3;1-4H,5-6H2. The Labute approximate surface area is 402 Å². The van der Waals surface area contributed by atoms with Gasteiger partial charge in [-0.05, 0) is 151 Å². The molecular weight excluding hydrogens is 821 g/mol. The van der Waals surface area contributed by atoms with Gasteiger partial charge < -0.3 is 10.2 Å². The van der Waals surface area contributed by atoms with Gasteiger partial charge in [-0.25, -0.2) is 0 Å². The molecule has 0 heterocycles. The number of fused-ring (bicyclic) bond motifs is 6. The van der Waals surface area contributed by atoms with E-state index in [1.165, 1.54) is 90.7 Å². The van der Waals surface area contributed by atoms with Crippen LogP contribution in [0.4, 0.5) is 28.4 Å². The van der Waals surface area contributed by atoms with Gasteiger partial charge in [-0.3, -0.25) is 0 Å². The fourth-order valence-electron chi connectivity index (χ4n) is 10.6. The van der Waals surface area contributed by atoms with Gasteiger partial charge in [0.05, 0.1) is 0 Å². The smallest absolute Gasteiger partial charge is 0.0465 e. The first-order valence-electron chi connectivity index (χ1n) is 24.1. The van der Waals surface area contributed by atoms with Crippen LogP contribution in [0, 0.1) is 0 Å². The second-order valence-corrected chi connectivity index (χ2v) is 19.3. The highest BCUT2D eigenvalue weighted by Crippen LogP contribution is 2.53. The summed E-state index contributed by atoms with van der Waals surface area (Å²) >= 11 is 0. The maximum Gasteiger partial charge on any atom is 0.0465 e. The average Bonchev–Trinajstić information content (AvgIpc) is 3.76. The van der Waals surface area contributed by atoms with Gasteiger partial charge in [0.25, 0.3) is 0 Å². The monoisotopic (exact) mass is 876 g/mol. The predicted molar refractivity (Wildman–Crippen MR) is 290 cm³/mol. The van der Waals surface area contributed by atoms with Crippen LogP contribution in [-0.4, -0.2) is 0 Å². The lowest BCUT2D eigenvalue weighted by Gasteiger charge is -2.30. The van der Waals surface area contributed by atoms with Crippen molar-refractivity contribution in [2.75, 3.05) is 10.2 Å². The van der Waals surface area contributed by atoms with Crippen molar-refractivity contribution in [1.29, 1.82) is 0 Å². The molecule has 68 heavy (non-hydrogen) atoms. The third-order valence-corrected chi connectivity index (χ3v) is 14.4. The van der Waals surface area contributed by atoms with Gasteiger partial charge in [0.15, 0.2) is 0 Å². The van der Waals surface area contributed by atoms with E-state index in [0.717, 1.165) is 28.4 Å². The number of benzene rings is 9. The summed E-state index contributed by atoms with van der Waals surface area (Å²) in [5.74, 6) is 0. The molecule has 0 fully saturated rings. The highest BCUT2D eigenvalue weighted by atomic mass is 15.1. The number of nitrogens with one attached hydrogen (secondary N) is 1. The third-order valence-electron chi connectivity index (χ3n) is 14.4. The summed E-state index contributed by atoms with van der Waals surface area (Å²) < 4.78 is 0. The second kappa shape index (κ2) is 17.7. The van der Waals surface area contributed by atoms with Crippen LogP contribution in [0.2, 0.25) is 0 Å². The van der Waals surface area contributed by atoms with Crippen molar-refractivity contribution in [3.8, 4) is 55.6 Å². The van der Waals surface area contributed by atoms with E-state index in [4.69, 9.17) is 0 Å². The highest BCUT2D eigenvalue weighted by molar-refractivity contribution is 5.89. The van der Waals surface area contributed by atoms with Crippen molar-refractivity contribution in [1.82, 2.24) is 0 Å². The minimum atomic E-state index is -0.210. The van der Waals surface area contributed by atoms with E-state index in [9.17, 15) is 0 Å². The Morgan fingerprint density at radius 3 is 1.19 bits per heavy atom. The van der Waals surface area contributed by atoms with Crippen molar-refractivity contribution in [2.45, 2.75) is 51.4 Å². The Hall–Kier alpha value is -7.94. The summed E-state index contributed by atoms with van der Waals surface area (Å²) in [5, 5.41) is 3.72. The SMILES string of the molecule is C1=CCCC=C1.CC1(C)c2ccccc2-c2ccc(N(c3ccc(-c4ccccc4)cc3)c3ccc4c(c3)C(C)(C)c3cc(Nc5ccc(-c6ccc(-c7ccccc7)cc6)cc5)ccc3-4)cc21. The fraction of sp³-hybridized carbons (Fsp3) is 0.121. The number of nitrogens with zero attached hydrogens (tertiary/aromatic N) is 1. The van der Waals surface area contributed by atoms with Gasteiger partial charge in [0.2, 0.25) is 0 Å². The molecule has 2 nitrogen and oxygen atoms in total. The molecule has 0 bridgehead atoms. The first kappa shape index (κ1) is 42.7. The lowest BCUT2D eigenvalue weighted by molar-refractivity contribution is 0.660. The van der Waals surface area contributed by atoms with Crippen LogP contribution in [0.3, 0.4) is 0 Å². The van der Waals surface area contributed by atoms with Gasteiger partial charge in [-0.1, -0.05) is 204 Å². The molecule has 9 aromatic rings. The summed E-state index contributed by atoms with van der Waals surface area (Å²) in [5.41, 5.74) is 23.3. The molecule has 12 rings (SSSR count). The first-order valence-corrected chi connectivity index (χ1v) is 24.1. The topological polar surface area (TPSA) is 15.3 Å². The van der Waals surface area contributed by atoms with Gasteiger partial charge in [-0.15, -0.1) is 0 Å². The van der Waals surface area contributed by atoms with Crippen molar-refractivity contribution >= 4 is 28.4 Å². The Morgan fingerprint density at radius 1 is 0.324 bits per heavy atom. The normalized spacial score (nSPS) is 14.2. The molecule has 0 aliphatic heterocycles. The predicted octanol–water partition coefficient (Wildman–Crippen LogP) is 18.4. The molecule has 330 valence electrons. The second-order valence-electron chi connectivity index (χ2n) is 19.3. The minimum absolute atomic E-state index is 0.102. The Balaban J connectivity index is 0.000000786. The summed E-state index contributed by atoms with van der Waals surface area (Å²) in [6, 6.07) is 77.8. The van der Waals surface area contributed by atoms with Gasteiger partial charge in [-0.2, -0.15) is 0 Å². The molecular formula is C66H56N2. The molecule has 9 aromatic carbocycles. The van der Waals surface area contributed by atoms with Gasteiger partial charge in [0.1, 0.15) is 0 Å². The summed E-state index contributed by atoms with van der Waals surface area (Å²) in [6.07, 6.45) is 11.0. The van der Waals surface area contributed by atoms with E-state index >= 15 is 0 Å². The van der Waals surface area contributed by atoms with E-state index in [0.29, 0.717) is 0 Å². The van der Waals surface area contributed by atoms with Crippen molar-refractivity contribution < 1.29 is 0 Å². The molecule has 0 aromatic heterocycles. The van der Waals surface area contributed by atoms with E-state index in [-0.39, 0.29) is 10.8 Å². The molecule has 0 atom stereocenters. The number of hydrogen-bond donors (Lipinski definition) is 1. The van der Waals surface area contributed by atoms with Crippen molar-refractivity contribution in [2.24, 2.45) is 0 Å². The summed E-state index contributed by atoms with van der Waals surface area (Å²) in [4.78, 5) is 2.45. The van der Waals surface area contributed by atoms with Crippen LogP contribution in [0.5, 0.6) is 0 Å². The fourth-order valence-corrected chi connectivity index (χ4v) is 10.6. The lowest BCUT2D eigenvalue weighted by Crippen LogP contribution is -2.18. The highest BCUT2D eigenvalue weighted by Gasteiger charge is 2.38. The van der Waals surface area contributed by atoms with Crippen LogP contribution in [-0.2, 0) is 10.8 Å². The molecule has 0 spiro atoms. The van der Waals surface area contributed by atoms with E-state index in [2.05, 4.69) is 275 Å². The zero-order chi connectivity index (χ0) is 46.2. The Morgan fingerprint density at radius 2 is 0.691 bits per heavy atom. The molecule has 0 unspecified atom stereocenters. The lowest BCUT2D eigenvalue weighted by atomic mass is 9.82. The molecule has 3 aliphatic carbocycles. The van der Waals surface area contributed by atoms with Crippen molar-refractivity contribution in [3.05, 3.63) is 259 Å². The third kappa shape index (κ3) is 7.96. The average molecular weight is 877 g/mol. The number of hydrogen-bond acceptors (Lipinski definition) is 2. The molecule has 0 saturated carbocycles. The summed E-state index contributed by atoms with van der Waals surface area (Å²) in [7, 11) is 0. The largest absolute Gasteiger partial charge is 0.356 e. The molecule has 0 amide bonds. The molecule has 0 radical (unpaired) electrons.